The van der Waals surface area contributed by atoms with Crippen LogP contribution in [0.4, 0.5) is 0 Å². The number of rotatable bonds is 1. The molecule has 2 heterocycles. The summed E-state index contributed by atoms with van der Waals surface area (Å²) in [4.78, 5) is 26.8. The van der Waals surface area contributed by atoms with Gasteiger partial charge in [-0.25, -0.2) is 0 Å². The van der Waals surface area contributed by atoms with Gasteiger partial charge in [0, 0.05) is 37.1 Å². The van der Waals surface area contributed by atoms with Gasteiger partial charge >= 0.3 is 0 Å². The van der Waals surface area contributed by atoms with Crippen LogP contribution in [0.5, 0.6) is 0 Å². The fourth-order valence-electron chi connectivity index (χ4n) is 4.62. The van der Waals surface area contributed by atoms with Gasteiger partial charge in [-0.2, -0.15) is 0 Å². The number of carbonyl (C=O) groups excluding carboxylic acids is 2. The second-order valence-electron chi connectivity index (χ2n) is 8.00. The lowest BCUT2D eigenvalue weighted by molar-refractivity contribution is -0.170. The Morgan fingerprint density at radius 1 is 1.20 bits per heavy atom. The smallest absolute Gasteiger partial charge is 0.254 e. The lowest BCUT2D eigenvalue weighted by Gasteiger charge is -2.48. The minimum absolute atomic E-state index is 0.0176. The molecule has 5 heteroatoms. The quantitative estimate of drug-likeness (QED) is 0.850. The van der Waals surface area contributed by atoms with Gasteiger partial charge in [0.2, 0.25) is 0 Å². The molecule has 1 atom stereocenters. The average molecular weight is 343 g/mol. The van der Waals surface area contributed by atoms with Gasteiger partial charge in [0.25, 0.3) is 5.91 Å². The monoisotopic (exact) mass is 343 g/mol. The summed E-state index contributed by atoms with van der Waals surface area (Å²) < 4.78 is 6.02. The summed E-state index contributed by atoms with van der Waals surface area (Å²) in [5, 5.41) is 10.4. The normalized spacial score (nSPS) is 28.2. The van der Waals surface area contributed by atoms with Crippen molar-refractivity contribution in [2.75, 3.05) is 19.7 Å². The lowest BCUT2D eigenvalue weighted by Crippen LogP contribution is -2.54. The van der Waals surface area contributed by atoms with Crippen molar-refractivity contribution < 1.29 is 19.4 Å². The molecule has 1 aromatic rings. The Balaban J connectivity index is 1.49. The molecule has 1 spiro atoms. The van der Waals surface area contributed by atoms with Crippen LogP contribution in [0.2, 0.25) is 0 Å². The van der Waals surface area contributed by atoms with E-state index in [1.807, 2.05) is 30.0 Å². The molecule has 0 bridgehead atoms. The molecule has 2 fully saturated rings. The molecular formula is C20H25NO4. The highest BCUT2D eigenvalue weighted by molar-refractivity contribution is 6.05. The van der Waals surface area contributed by atoms with Crippen LogP contribution in [0.1, 0.15) is 65.3 Å². The van der Waals surface area contributed by atoms with Crippen LogP contribution in [0.15, 0.2) is 18.2 Å². The van der Waals surface area contributed by atoms with E-state index in [4.69, 9.17) is 4.74 Å². The third-order valence-corrected chi connectivity index (χ3v) is 6.02. The summed E-state index contributed by atoms with van der Waals surface area (Å²) in [7, 11) is 0. The summed E-state index contributed by atoms with van der Waals surface area (Å²) in [5.41, 5.74) is 1.33. The van der Waals surface area contributed by atoms with E-state index in [1.165, 1.54) is 0 Å². The fraction of sp³-hybridized carbons (Fsp3) is 0.600. The van der Waals surface area contributed by atoms with Crippen molar-refractivity contribution in [1.82, 2.24) is 4.90 Å². The van der Waals surface area contributed by atoms with E-state index in [0.29, 0.717) is 56.5 Å². The van der Waals surface area contributed by atoms with Crippen molar-refractivity contribution in [3.63, 3.8) is 0 Å². The number of hydrogen-bond donors (Lipinski definition) is 1. The highest BCUT2D eigenvalue weighted by Gasteiger charge is 2.45. The maximum absolute atomic E-state index is 13.0. The SMILES string of the molecule is CC1(O)CCOC2(CCN(C(=O)c3cccc4c3CCC4=O)CC2)C1. The summed E-state index contributed by atoms with van der Waals surface area (Å²) in [6.07, 6.45) is 3.98. The van der Waals surface area contributed by atoms with Crippen LogP contribution >= 0.6 is 0 Å². The average Bonchev–Trinajstić information content (AvgIpc) is 2.95. The van der Waals surface area contributed by atoms with Crippen LogP contribution in [0.25, 0.3) is 0 Å². The Bertz CT molecular complexity index is 716. The molecule has 5 nitrogen and oxygen atoms in total. The van der Waals surface area contributed by atoms with Crippen molar-refractivity contribution >= 4 is 11.7 Å². The molecule has 1 unspecified atom stereocenters. The number of ketones is 1. The molecular weight excluding hydrogens is 318 g/mol. The molecule has 1 aliphatic carbocycles. The number of carbonyl (C=O) groups is 2. The van der Waals surface area contributed by atoms with Gasteiger partial charge in [0.05, 0.1) is 17.8 Å². The zero-order valence-electron chi connectivity index (χ0n) is 14.7. The van der Waals surface area contributed by atoms with E-state index in [2.05, 4.69) is 0 Å². The van der Waals surface area contributed by atoms with Gasteiger partial charge in [-0.3, -0.25) is 9.59 Å². The molecule has 0 aromatic heterocycles. The number of fused-ring (bicyclic) bond motifs is 1. The number of aliphatic hydroxyl groups is 1. The topological polar surface area (TPSA) is 66.8 Å². The maximum Gasteiger partial charge on any atom is 0.254 e. The van der Waals surface area contributed by atoms with E-state index < -0.39 is 5.60 Å². The van der Waals surface area contributed by atoms with Crippen LogP contribution in [0, 0.1) is 0 Å². The first-order chi connectivity index (χ1) is 11.9. The number of nitrogens with zero attached hydrogens (tertiary/aromatic N) is 1. The number of ether oxygens (including phenoxy) is 1. The van der Waals surface area contributed by atoms with Crippen molar-refractivity contribution in [1.29, 1.82) is 0 Å². The predicted octanol–water partition coefficient (Wildman–Crippen LogP) is 2.35. The van der Waals surface area contributed by atoms with Crippen molar-refractivity contribution in [3.05, 3.63) is 34.9 Å². The molecule has 1 N–H and O–H groups in total. The second kappa shape index (κ2) is 5.92. The van der Waals surface area contributed by atoms with E-state index in [1.54, 1.807) is 0 Å². The molecule has 0 radical (unpaired) electrons. The van der Waals surface area contributed by atoms with Gasteiger partial charge in [0.1, 0.15) is 0 Å². The highest BCUT2D eigenvalue weighted by Crippen LogP contribution is 2.39. The number of benzene rings is 1. The molecule has 1 aromatic carbocycles. The number of amides is 1. The molecule has 3 aliphatic rings. The van der Waals surface area contributed by atoms with Gasteiger partial charge in [-0.1, -0.05) is 12.1 Å². The maximum atomic E-state index is 13.0. The number of Topliss-reactive ketones (excluding diaryl/α,β-unsaturated/α-hetero) is 1. The number of hydrogen-bond acceptors (Lipinski definition) is 4. The molecule has 1 amide bonds. The lowest BCUT2D eigenvalue weighted by atomic mass is 9.78. The Morgan fingerprint density at radius 3 is 2.68 bits per heavy atom. The first-order valence-corrected chi connectivity index (χ1v) is 9.20. The molecule has 134 valence electrons. The molecule has 2 saturated heterocycles. The van der Waals surface area contributed by atoms with Gasteiger partial charge in [0.15, 0.2) is 5.78 Å². The van der Waals surface area contributed by atoms with E-state index in [0.717, 1.165) is 18.4 Å². The first-order valence-electron chi connectivity index (χ1n) is 9.20. The fourth-order valence-corrected chi connectivity index (χ4v) is 4.62. The summed E-state index contributed by atoms with van der Waals surface area (Å²) >= 11 is 0. The van der Waals surface area contributed by atoms with E-state index in [-0.39, 0.29) is 17.3 Å². The first kappa shape index (κ1) is 16.7. The summed E-state index contributed by atoms with van der Waals surface area (Å²) in [6.45, 7) is 3.72. The van der Waals surface area contributed by atoms with E-state index in [9.17, 15) is 14.7 Å². The zero-order chi connectivity index (χ0) is 17.7. The van der Waals surface area contributed by atoms with Crippen molar-refractivity contribution in [2.45, 2.75) is 56.7 Å². The Hall–Kier alpha value is -1.72. The third kappa shape index (κ3) is 3.00. The summed E-state index contributed by atoms with van der Waals surface area (Å²) in [6, 6.07) is 5.47. The van der Waals surface area contributed by atoms with Crippen molar-refractivity contribution in [2.24, 2.45) is 0 Å². The Morgan fingerprint density at radius 2 is 1.96 bits per heavy atom. The number of piperidine rings is 1. The standard InChI is InChI=1S/C20H25NO4/c1-19(24)9-12-25-20(13-19)7-10-21(11-8-20)18(23)16-4-2-3-15-14(16)5-6-17(15)22/h2-4,24H,5-13H2,1H3. The van der Waals surface area contributed by atoms with Crippen LogP contribution in [-0.2, 0) is 11.2 Å². The Kier molecular flexibility index (Phi) is 3.96. The molecule has 25 heavy (non-hydrogen) atoms. The highest BCUT2D eigenvalue weighted by atomic mass is 16.5. The van der Waals surface area contributed by atoms with Crippen LogP contribution in [0.3, 0.4) is 0 Å². The van der Waals surface area contributed by atoms with Gasteiger partial charge in [-0.15, -0.1) is 0 Å². The van der Waals surface area contributed by atoms with Crippen molar-refractivity contribution in [3.8, 4) is 0 Å². The number of likely N-dealkylation sites (tertiary alicyclic amines) is 1. The zero-order valence-corrected chi connectivity index (χ0v) is 14.7. The third-order valence-electron chi connectivity index (χ3n) is 6.02. The molecule has 0 saturated carbocycles. The minimum Gasteiger partial charge on any atom is -0.390 e. The van der Waals surface area contributed by atoms with Crippen LogP contribution in [-0.4, -0.2) is 52.6 Å². The van der Waals surface area contributed by atoms with E-state index >= 15 is 0 Å². The molecule has 2 aliphatic heterocycles. The van der Waals surface area contributed by atoms with Gasteiger partial charge < -0.3 is 14.7 Å². The second-order valence-corrected chi connectivity index (χ2v) is 8.00. The predicted molar refractivity (Wildman–Crippen MR) is 92.8 cm³/mol. The van der Waals surface area contributed by atoms with Gasteiger partial charge in [-0.05, 0) is 44.2 Å². The minimum atomic E-state index is -0.676. The largest absolute Gasteiger partial charge is 0.390 e. The van der Waals surface area contributed by atoms with Crippen LogP contribution < -0.4 is 0 Å². The Labute approximate surface area is 148 Å². The molecule has 4 rings (SSSR count). The summed E-state index contributed by atoms with van der Waals surface area (Å²) in [5.74, 6) is 0.157.